The molecule has 0 radical (unpaired) electrons. The molecule has 1 amide bonds. The topological polar surface area (TPSA) is 59.4 Å². The lowest BCUT2D eigenvalue weighted by Crippen LogP contribution is -2.35. The van der Waals surface area contributed by atoms with Crippen LogP contribution in [0, 0.1) is 0 Å². The quantitative estimate of drug-likeness (QED) is 0.600. The molecule has 4 rings (SSSR count). The normalized spacial score (nSPS) is 13.6. The van der Waals surface area contributed by atoms with Gasteiger partial charge in [0.05, 0.1) is 26.4 Å². The molecule has 1 fully saturated rings. The Bertz CT molecular complexity index is 901. The molecular weight excluding hydrogens is 372 g/mol. The lowest BCUT2D eigenvalue weighted by Gasteiger charge is -2.21. The molecule has 1 saturated carbocycles. The predicted molar refractivity (Wildman–Crippen MR) is 111 cm³/mol. The van der Waals surface area contributed by atoms with Gasteiger partial charge in [0, 0.05) is 23.5 Å². The minimum atomic E-state index is -0.00617. The lowest BCUT2D eigenvalue weighted by molar-refractivity contribution is -0.117. The first-order chi connectivity index (χ1) is 13.7. The minimum Gasteiger partial charge on any atom is -0.497 e. The number of amides is 1. The number of anilines is 1. The monoisotopic (exact) mass is 396 g/mol. The number of rotatable bonds is 9. The van der Waals surface area contributed by atoms with E-state index in [4.69, 9.17) is 4.74 Å². The van der Waals surface area contributed by atoms with Crippen LogP contribution in [-0.2, 0) is 17.9 Å². The van der Waals surface area contributed by atoms with Gasteiger partial charge in [-0.15, -0.1) is 11.3 Å². The predicted octanol–water partition coefficient (Wildman–Crippen LogP) is 3.60. The van der Waals surface area contributed by atoms with E-state index in [9.17, 15) is 4.79 Å². The van der Waals surface area contributed by atoms with Crippen LogP contribution in [0.4, 0.5) is 5.82 Å². The number of ether oxygens (including phenoxy) is 1. The number of methoxy groups -OCH3 is 1. The van der Waals surface area contributed by atoms with E-state index in [1.165, 1.54) is 10.4 Å². The van der Waals surface area contributed by atoms with Crippen LogP contribution in [0.1, 0.15) is 23.3 Å². The van der Waals surface area contributed by atoms with Crippen molar-refractivity contribution in [2.24, 2.45) is 0 Å². The number of hydrogen-bond donors (Lipinski definition) is 1. The summed E-state index contributed by atoms with van der Waals surface area (Å²) in [6, 6.07) is 14.5. The van der Waals surface area contributed by atoms with Crippen LogP contribution in [0.2, 0.25) is 0 Å². The molecule has 7 heteroatoms. The van der Waals surface area contributed by atoms with Crippen molar-refractivity contribution in [3.8, 4) is 5.75 Å². The third kappa shape index (κ3) is 4.79. The summed E-state index contributed by atoms with van der Waals surface area (Å²) in [7, 11) is 1.67. The van der Waals surface area contributed by atoms with Gasteiger partial charge in [-0.2, -0.15) is 5.10 Å². The van der Waals surface area contributed by atoms with E-state index in [0.29, 0.717) is 19.1 Å². The molecule has 1 aromatic carbocycles. The zero-order valence-corrected chi connectivity index (χ0v) is 16.7. The van der Waals surface area contributed by atoms with E-state index < -0.39 is 0 Å². The number of hydrogen-bond acceptors (Lipinski definition) is 5. The Hall–Kier alpha value is -2.64. The summed E-state index contributed by atoms with van der Waals surface area (Å²) < 4.78 is 7.05. The third-order valence-electron chi connectivity index (χ3n) is 4.82. The number of benzene rings is 1. The Labute approximate surface area is 168 Å². The maximum atomic E-state index is 12.7. The fourth-order valence-electron chi connectivity index (χ4n) is 3.20. The molecule has 0 atom stereocenters. The highest BCUT2D eigenvalue weighted by atomic mass is 32.1. The van der Waals surface area contributed by atoms with Crippen LogP contribution in [0.25, 0.3) is 0 Å². The van der Waals surface area contributed by atoms with Crippen LogP contribution in [0.15, 0.2) is 54.0 Å². The fourth-order valence-corrected chi connectivity index (χ4v) is 3.89. The van der Waals surface area contributed by atoms with Gasteiger partial charge in [0.15, 0.2) is 0 Å². The highest BCUT2D eigenvalue weighted by Crippen LogP contribution is 2.28. The number of thiophene rings is 1. The van der Waals surface area contributed by atoms with Crippen molar-refractivity contribution in [3.63, 3.8) is 0 Å². The Morgan fingerprint density at radius 2 is 2.11 bits per heavy atom. The number of carbonyl (C=O) groups is 1. The first kappa shape index (κ1) is 18.7. The Morgan fingerprint density at radius 3 is 2.79 bits per heavy atom. The molecule has 146 valence electrons. The van der Waals surface area contributed by atoms with Gasteiger partial charge >= 0.3 is 0 Å². The number of nitrogens with zero attached hydrogens (tertiary/aromatic N) is 3. The van der Waals surface area contributed by atoms with Gasteiger partial charge in [-0.25, -0.2) is 4.68 Å². The summed E-state index contributed by atoms with van der Waals surface area (Å²) in [4.78, 5) is 16.1. The van der Waals surface area contributed by atoms with Crippen LogP contribution >= 0.6 is 11.3 Å². The van der Waals surface area contributed by atoms with Gasteiger partial charge in [0.1, 0.15) is 11.6 Å². The first-order valence-electron chi connectivity index (χ1n) is 9.42. The second kappa shape index (κ2) is 8.58. The molecule has 28 heavy (non-hydrogen) atoms. The van der Waals surface area contributed by atoms with Crippen LogP contribution in [-0.4, -0.2) is 40.3 Å². The number of nitrogens with one attached hydrogen (secondary N) is 1. The number of carbonyl (C=O) groups excluding carboxylic acids is 1. The summed E-state index contributed by atoms with van der Waals surface area (Å²) in [5.41, 5.74) is 1.18. The zero-order valence-electron chi connectivity index (χ0n) is 15.9. The largest absolute Gasteiger partial charge is 0.497 e. The molecular formula is C21H24N4O2S. The molecule has 1 N–H and O–H groups in total. The molecule has 3 aromatic rings. The molecule has 0 unspecified atom stereocenters. The molecule has 2 heterocycles. The van der Waals surface area contributed by atoms with Crippen LogP contribution in [0.5, 0.6) is 5.75 Å². The summed E-state index contributed by atoms with van der Waals surface area (Å²) in [6.07, 6.45) is 4.03. The average Bonchev–Trinajstić information content (AvgIpc) is 3.27. The van der Waals surface area contributed by atoms with Crippen LogP contribution < -0.4 is 10.1 Å². The van der Waals surface area contributed by atoms with Gasteiger partial charge in [-0.1, -0.05) is 18.2 Å². The first-order valence-corrected chi connectivity index (χ1v) is 10.3. The summed E-state index contributed by atoms with van der Waals surface area (Å²) in [5.74, 6) is 1.57. The molecule has 1 aliphatic rings. The van der Waals surface area contributed by atoms with E-state index in [1.54, 1.807) is 24.6 Å². The molecule has 0 spiro atoms. The maximum absolute atomic E-state index is 12.7. The number of aromatic nitrogens is 2. The third-order valence-corrected chi connectivity index (χ3v) is 5.69. The van der Waals surface area contributed by atoms with Crippen molar-refractivity contribution in [3.05, 3.63) is 64.5 Å². The van der Waals surface area contributed by atoms with Gasteiger partial charge in [0.25, 0.3) is 0 Å². The second-order valence-electron chi connectivity index (χ2n) is 6.99. The fraction of sp³-hybridized carbons (Fsp3) is 0.333. The molecule has 0 aliphatic heterocycles. The van der Waals surface area contributed by atoms with Gasteiger partial charge in [-0.3, -0.25) is 9.69 Å². The molecule has 2 aromatic heterocycles. The zero-order chi connectivity index (χ0) is 19.3. The van der Waals surface area contributed by atoms with Gasteiger partial charge < -0.3 is 10.1 Å². The van der Waals surface area contributed by atoms with E-state index >= 15 is 0 Å². The van der Waals surface area contributed by atoms with Crippen molar-refractivity contribution in [1.29, 1.82) is 0 Å². The molecule has 6 nitrogen and oxygen atoms in total. The van der Waals surface area contributed by atoms with Gasteiger partial charge in [0.2, 0.25) is 5.91 Å². The van der Waals surface area contributed by atoms with E-state index in [2.05, 4.69) is 33.5 Å². The molecule has 0 saturated heterocycles. The molecule has 0 bridgehead atoms. The van der Waals surface area contributed by atoms with Crippen LogP contribution in [0.3, 0.4) is 0 Å². The average molecular weight is 397 g/mol. The highest BCUT2D eigenvalue weighted by molar-refractivity contribution is 7.09. The van der Waals surface area contributed by atoms with E-state index in [1.807, 2.05) is 34.3 Å². The van der Waals surface area contributed by atoms with Gasteiger partial charge in [-0.05, 0) is 42.0 Å². The Morgan fingerprint density at radius 1 is 1.29 bits per heavy atom. The van der Waals surface area contributed by atoms with Crippen molar-refractivity contribution >= 4 is 23.1 Å². The second-order valence-corrected chi connectivity index (χ2v) is 8.02. The van der Waals surface area contributed by atoms with E-state index in [-0.39, 0.29) is 5.91 Å². The minimum absolute atomic E-state index is 0.00617. The maximum Gasteiger partial charge on any atom is 0.239 e. The van der Waals surface area contributed by atoms with Crippen molar-refractivity contribution in [2.75, 3.05) is 19.0 Å². The van der Waals surface area contributed by atoms with E-state index in [0.717, 1.165) is 31.0 Å². The SMILES string of the molecule is COc1ccc(CN(CC(=O)Nc2ccnn2Cc2cccs2)C2CC2)cc1. The smallest absolute Gasteiger partial charge is 0.239 e. The summed E-state index contributed by atoms with van der Waals surface area (Å²) in [6.45, 7) is 1.80. The standard InChI is InChI=1S/C21H24N4O2S/c1-27-18-8-4-16(5-9-18)13-24(17-6-7-17)15-21(26)23-20-10-11-22-25(20)14-19-3-2-12-28-19/h2-5,8-12,17H,6-7,13-15H2,1H3,(H,23,26). The van der Waals surface area contributed by atoms with Crippen molar-refractivity contribution in [2.45, 2.75) is 32.0 Å². The Balaban J connectivity index is 1.37. The highest BCUT2D eigenvalue weighted by Gasteiger charge is 2.30. The summed E-state index contributed by atoms with van der Waals surface area (Å²) in [5, 5.41) is 9.41. The lowest BCUT2D eigenvalue weighted by atomic mass is 10.2. The molecule has 1 aliphatic carbocycles. The Kier molecular flexibility index (Phi) is 5.73. The summed E-state index contributed by atoms with van der Waals surface area (Å²) >= 11 is 1.68. The van der Waals surface area contributed by atoms with Crippen molar-refractivity contribution < 1.29 is 9.53 Å². The van der Waals surface area contributed by atoms with Crippen molar-refractivity contribution in [1.82, 2.24) is 14.7 Å².